The van der Waals surface area contributed by atoms with Gasteiger partial charge in [-0.3, -0.25) is 9.59 Å². The van der Waals surface area contributed by atoms with Gasteiger partial charge < -0.3 is 30.7 Å². The maximum Gasteiger partial charge on any atom is 0.404 e. The summed E-state index contributed by atoms with van der Waals surface area (Å²) in [4.78, 5) is 41.2. The van der Waals surface area contributed by atoms with Gasteiger partial charge in [-0.25, -0.2) is 4.79 Å². The average Bonchev–Trinajstić information content (AvgIpc) is 3.08. The molecule has 2 fully saturated rings. The second kappa shape index (κ2) is 6.66. The largest absolute Gasteiger partial charge is 0.449 e. The van der Waals surface area contributed by atoms with Crippen LogP contribution in [0.2, 0.25) is 0 Å². The topological polar surface area (TPSA) is 133 Å². The molecule has 30 heavy (non-hydrogen) atoms. The van der Waals surface area contributed by atoms with Crippen LogP contribution in [0, 0.1) is 5.92 Å². The Balaban J connectivity index is 1.53. The first-order chi connectivity index (χ1) is 14.4. The number of ether oxygens (including phenoxy) is 2. The molecule has 0 bridgehead atoms. The zero-order valence-electron chi connectivity index (χ0n) is 16.6. The summed E-state index contributed by atoms with van der Waals surface area (Å²) in [5, 5.41) is 8.44. The number of nitrogens with zero attached hydrogens (tertiary/aromatic N) is 1. The van der Waals surface area contributed by atoms with E-state index >= 15 is 0 Å². The minimum absolute atomic E-state index is 0.0574. The van der Waals surface area contributed by atoms with Gasteiger partial charge in [-0.05, 0) is 18.4 Å². The van der Waals surface area contributed by atoms with Gasteiger partial charge in [0.1, 0.15) is 6.61 Å². The number of hydrogen-bond acceptors (Lipinski definition) is 9. The highest BCUT2D eigenvalue weighted by atomic mass is 32.1. The van der Waals surface area contributed by atoms with Gasteiger partial charge in [0, 0.05) is 42.3 Å². The van der Waals surface area contributed by atoms with E-state index < -0.39 is 17.7 Å². The molecule has 2 saturated heterocycles. The van der Waals surface area contributed by atoms with Crippen molar-refractivity contribution in [2.45, 2.75) is 31.3 Å². The van der Waals surface area contributed by atoms with E-state index in [1.54, 1.807) is 25.4 Å². The summed E-state index contributed by atoms with van der Waals surface area (Å²) in [5.41, 5.74) is 5.58. The molecule has 0 spiro atoms. The van der Waals surface area contributed by atoms with E-state index in [4.69, 9.17) is 15.2 Å². The monoisotopic (exact) mass is 430 g/mol. The van der Waals surface area contributed by atoms with Crippen LogP contribution < -0.4 is 16.4 Å². The van der Waals surface area contributed by atoms with E-state index in [0.29, 0.717) is 29.9 Å². The molecular formula is C20H22N4O5S. The van der Waals surface area contributed by atoms with E-state index in [9.17, 15) is 14.4 Å². The number of nitrogens with two attached hydrogens (primary N) is 1. The normalized spacial score (nSPS) is 31.7. The Kier molecular flexibility index (Phi) is 4.28. The number of amides is 1. The third kappa shape index (κ3) is 2.50. The smallest absolute Gasteiger partial charge is 0.404 e. The van der Waals surface area contributed by atoms with Gasteiger partial charge in [0.05, 0.1) is 23.4 Å². The lowest BCUT2D eigenvalue weighted by Gasteiger charge is -2.39. The van der Waals surface area contributed by atoms with Crippen molar-refractivity contribution in [2.75, 3.05) is 20.3 Å². The van der Waals surface area contributed by atoms with Crippen LogP contribution in [0.15, 0.2) is 40.1 Å². The number of hydrogen-bond donors (Lipinski definition) is 3. The highest BCUT2D eigenvalue weighted by Crippen LogP contribution is 2.55. The number of carbonyl (C=O) groups excluding carboxylic acids is 3. The van der Waals surface area contributed by atoms with Crippen LogP contribution in [0.1, 0.15) is 11.8 Å². The summed E-state index contributed by atoms with van der Waals surface area (Å²) in [6.07, 6.45) is -0.933. The van der Waals surface area contributed by atoms with Crippen molar-refractivity contribution in [1.29, 1.82) is 0 Å². The SMILES string of the molecule is COC12C(COC(N)=O)C3=C(C(=O)C(C)=C(NCc4cccs4)C3=O)N1CC1NC12. The third-order valence-corrected chi connectivity index (χ3v) is 7.32. The number of thiophene rings is 1. The zero-order valence-corrected chi connectivity index (χ0v) is 17.4. The summed E-state index contributed by atoms with van der Waals surface area (Å²) in [5.74, 6) is -1.10. The Bertz CT molecular complexity index is 1020. The van der Waals surface area contributed by atoms with Crippen molar-refractivity contribution in [3.63, 3.8) is 0 Å². The Hall–Kier alpha value is -2.69. The number of rotatable bonds is 6. The van der Waals surface area contributed by atoms with Gasteiger partial charge in [0.25, 0.3) is 0 Å². The van der Waals surface area contributed by atoms with Crippen LogP contribution in [0.25, 0.3) is 0 Å². The summed E-state index contributed by atoms with van der Waals surface area (Å²) < 4.78 is 11.1. The lowest BCUT2D eigenvalue weighted by molar-refractivity contribution is -0.137. The molecule has 3 aliphatic heterocycles. The quantitative estimate of drug-likeness (QED) is 0.432. The Morgan fingerprint density at radius 1 is 1.43 bits per heavy atom. The second-order valence-electron chi connectivity index (χ2n) is 7.85. The molecule has 0 radical (unpaired) electrons. The number of ketones is 2. The molecule has 1 aromatic rings. The van der Waals surface area contributed by atoms with Crippen molar-refractivity contribution in [3.8, 4) is 0 Å². The van der Waals surface area contributed by atoms with Crippen LogP contribution in [0.5, 0.6) is 0 Å². The first kappa shape index (κ1) is 19.3. The summed E-state index contributed by atoms with van der Waals surface area (Å²) >= 11 is 1.57. The van der Waals surface area contributed by atoms with Crippen molar-refractivity contribution < 1.29 is 23.9 Å². The van der Waals surface area contributed by atoms with Crippen LogP contribution in [-0.4, -0.2) is 60.6 Å². The molecule has 4 atom stereocenters. The van der Waals surface area contributed by atoms with Crippen LogP contribution in [-0.2, 0) is 25.6 Å². The van der Waals surface area contributed by atoms with Crippen LogP contribution in [0.4, 0.5) is 4.79 Å². The molecule has 4 N–H and O–H groups in total. The fourth-order valence-corrected chi connectivity index (χ4v) is 5.74. The molecule has 1 aromatic heterocycles. The molecule has 9 nitrogen and oxygen atoms in total. The molecule has 1 aliphatic carbocycles. The van der Waals surface area contributed by atoms with E-state index in [0.717, 1.165) is 4.88 Å². The molecule has 158 valence electrons. The van der Waals surface area contributed by atoms with Crippen molar-refractivity contribution in [3.05, 3.63) is 44.9 Å². The maximum absolute atomic E-state index is 13.6. The Morgan fingerprint density at radius 2 is 2.23 bits per heavy atom. The summed E-state index contributed by atoms with van der Waals surface area (Å²) in [6.45, 7) is 2.52. The number of fused-ring (bicyclic) bond motifs is 4. The van der Waals surface area contributed by atoms with E-state index in [2.05, 4.69) is 10.6 Å². The van der Waals surface area contributed by atoms with Gasteiger partial charge in [-0.2, -0.15) is 0 Å². The Morgan fingerprint density at radius 3 is 2.90 bits per heavy atom. The number of carbonyl (C=O) groups is 3. The van der Waals surface area contributed by atoms with Gasteiger partial charge in [-0.15, -0.1) is 11.3 Å². The molecule has 4 heterocycles. The molecule has 10 heteroatoms. The van der Waals surface area contributed by atoms with Crippen molar-refractivity contribution in [2.24, 2.45) is 11.7 Å². The van der Waals surface area contributed by atoms with E-state index in [1.807, 2.05) is 22.4 Å². The predicted molar refractivity (Wildman–Crippen MR) is 107 cm³/mol. The van der Waals surface area contributed by atoms with Crippen molar-refractivity contribution in [1.82, 2.24) is 15.5 Å². The predicted octanol–water partition coefficient (Wildman–Crippen LogP) is 0.241. The van der Waals surface area contributed by atoms with Crippen LogP contribution in [0.3, 0.4) is 0 Å². The summed E-state index contributed by atoms with van der Waals surface area (Å²) in [6, 6.07) is 4.00. The fourth-order valence-electron chi connectivity index (χ4n) is 5.09. The number of piperazine rings is 1. The minimum atomic E-state index is -0.959. The zero-order chi connectivity index (χ0) is 21.2. The molecule has 0 aromatic carbocycles. The molecular weight excluding hydrogens is 408 g/mol. The lowest BCUT2D eigenvalue weighted by atomic mass is 9.82. The number of methoxy groups -OCH3 is 1. The first-order valence-corrected chi connectivity index (χ1v) is 10.6. The third-order valence-electron chi connectivity index (χ3n) is 6.45. The van der Waals surface area contributed by atoms with Gasteiger partial charge in [-0.1, -0.05) is 6.07 Å². The summed E-state index contributed by atoms with van der Waals surface area (Å²) in [7, 11) is 1.55. The van der Waals surface area contributed by atoms with E-state index in [1.165, 1.54) is 0 Å². The van der Waals surface area contributed by atoms with E-state index in [-0.39, 0.29) is 36.0 Å². The lowest BCUT2D eigenvalue weighted by Crippen LogP contribution is -2.55. The van der Waals surface area contributed by atoms with Gasteiger partial charge in [0.2, 0.25) is 11.6 Å². The average molecular weight is 430 g/mol. The number of Topliss-reactive ketones (excluding diaryl/α,β-unsaturated/α-hetero) is 2. The number of primary amides is 1. The van der Waals surface area contributed by atoms with Crippen molar-refractivity contribution >= 4 is 29.0 Å². The Labute approximate surface area is 176 Å². The molecule has 4 unspecified atom stereocenters. The molecule has 4 aliphatic rings. The second-order valence-corrected chi connectivity index (χ2v) is 8.89. The molecule has 5 rings (SSSR count). The van der Waals surface area contributed by atoms with Gasteiger partial charge >= 0.3 is 6.09 Å². The van der Waals surface area contributed by atoms with Gasteiger partial charge in [0.15, 0.2) is 5.72 Å². The highest BCUT2D eigenvalue weighted by Gasteiger charge is 2.72. The highest BCUT2D eigenvalue weighted by molar-refractivity contribution is 7.09. The maximum atomic E-state index is 13.6. The fraction of sp³-hybridized carbons (Fsp3) is 0.450. The molecule has 0 saturated carbocycles. The minimum Gasteiger partial charge on any atom is -0.449 e. The molecule has 1 amide bonds. The standard InChI is InChI=1S/C20H22N4O5S/c1-9-14(22-6-10-4-3-5-30-10)17(26)13-11(8-29-19(21)27)20(28-2)18-12(23-18)7-24(20)15(13)16(9)25/h3-5,11-12,18,22-23H,6-8H2,1-2H3,(H2,21,27). The van der Waals surface area contributed by atoms with Crippen LogP contribution >= 0.6 is 11.3 Å². The number of nitrogens with one attached hydrogen (secondary N) is 2. The number of allylic oxidation sites excluding steroid dienone is 2. The first-order valence-electron chi connectivity index (χ1n) is 9.72.